The first kappa shape index (κ1) is 15.1. The molecule has 0 aliphatic rings. The molecule has 112 valence electrons. The highest BCUT2D eigenvalue weighted by Crippen LogP contribution is 2.18. The van der Waals surface area contributed by atoms with Gasteiger partial charge in [0.25, 0.3) is 5.91 Å². The number of rotatable bonds is 6. The average molecular weight is 289 g/mol. The summed E-state index contributed by atoms with van der Waals surface area (Å²) in [7, 11) is 1.51. The van der Waals surface area contributed by atoms with Crippen molar-refractivity contribution >= 4 is 5.91 Å². The maximum absolute atomic E-state index is 12.1. The maximum Gasteiger partial charge on any atom is 0.255 e. The molecule has 1 atom stereocenters. The molecule has 5 heteroatoms. The molecule has 0 fully saturated rings. The van der Waals surface area contributed by atoms with Gasteiger partial charge in [-0.2, -0.15) is 0 Å². The number of methoxy groups -OCH3 is 1. The highest BCUT2D eigenvalue weighted by molar-refractivity contribution is 5.96. The molecule has 0 aliphatic heterocycles. The predicted molar refractivity (Wildman–Crippen MR) is 78.4 cm³/mol. The van der Waals surface area contributed by atoms with E-state index in [9.17, 15) is 9.90 Å². The van der Waals surface area contributed by atoms with Crippen LogP contribution >= 0.6 is 0 Å². The van der Waals surface area contributed by atoms with Gasteiger partial charge in [-0.05, 0) is 31.2 Å². The topological polar surface area (TPSA) is 71.7 Å². The normalized spacial score (nSPS) is 13.5. The van der Waals surface area contributed by atoms with Crippen LogP contribution in [0.3, 0.4) is 0 Å². The van der Waals surface area contributed by atoms with Crippen molar-refractivity contribution in [3.8, 4) is 5.75 Å². The molecule has 1 unspecified atom stereocenters. The largest absolute Gasteiger partial charge is 0.496 e. The lowest BCUT2D eigenvalue weighted by atomic mass is 10.0. The molecule has 0 saturated carbocycles. The summed E-state index contributed by atoms with van der Waals surface area (Å²) in [5.41, 5.74) is -0.649. The number of amides is 1. The Kier molecular flexibility index (Phi) is 4.65. The Morgan fingerprint density at radius 3 is 2.76 bits per heavy atom. The Balaban J connectivity index is 1.97. The third kappa shape index (κ3) is 4.10. The molecule has 1 heterocycles. The second-order valence-electron chi connectivity index (χ2n) is 5.14. The van der Waals surface area contributed by atoms with E-state index in [0.717, 1.165) is 0 Å². The maximum atomic E-state index is 12.1. The third-order valence-electron chi connectivity index (χ3n) is 3.12. The Bertz CT molecular complexity index is 590. The van der Waals surface area contributed by atoms with E-state index in [1.165, 1.54) is 7.11 Å². The molecule has 2 N–H and O–H groups in total. The van der Waals surface area contributed by atoms with E-state index in [-0.39, 0.29) is 12.5 Å². The molecule has 2 rings (SSSR count). The van der Waals surface area contributed by atoms with Gasteiger partial charge in [-0.25, -0.2) is 0 Å². The van der Waals surface area contributed by atoms with Crippen molar-refractivity contribution in [3.63, 3.8) is 0 Å². The van der Waals surface area contributed by atoms with E-state index in [2.05, 4.69) is 5.32 Å². The minimum atomic E-state index is -1.09. The van der Waals surface area contributed by atoms with Crippen molar-refractivity contribution in [1.82, 2.24) is 5.32 Å². The second-order valence-corrected chi connectivity index (χ2v) is 5.14. The van der Waals surface area contributed by atoms with Gasteiger partial charge in [-0.3, -0.25) is 4.79 Å². The average Bonchev–Trinajstić information content (AvgIpc) is 2.97. The fraction of sp³-hybridized carbons (Fsp3) is 0.312. The first-order valence-electron chi connectivity index (χ1n) is 6.68. The van der Waals surface area contributed by atoms with Gasteiger partial charge in [0, 0.05) is 13.0 Å². The molecule has 0 radical (unpaired) electrons. The van der Waals surface area contributed by atoms with Crippen LogP contribution in [-0.2, 0) is 6.42 Å². The molecular formula is C16H19NO4. The molecule has 0 saturated heterocycles. The van der Waals surface area contributed by atoms with E-state index >= 15 is 0 Å². The number of aliphatic hydroxyl groups is 1. The van der Waals surface area contributed by atoms with Crippen LogP contribution in [0.4, 0.5) is 0 Å². The highest BCUT2D eigenvalue weighted by Gasteiger charge is 2.24. The summed E-state index contributed by atoms with van der Waals surface area (Å²) in [6.07, 6.45) is 1.88. The number of benzene rings is 1. The zero-order chi connectivity index (χ0) is 15.3. The van der Waals surface area contributed by atoms with Gasteiger partial charge in [0.05, 0.1) is 24.5 Å². The molecule has 0 bridgehead atoms. The van der Waals surface area contributed by atoms with Crippen molar-refractivity contribution in [2.45, 2.75) is 18.9 Å². The number of ether oxygens (including phenoxy) is 1. The summed E-state index contributed by atoms with van der Waals surface area (Å²) in [6, 6.07) is 10.5. The van der Waals surface area contributed by atoms with Gasteiger partial charge >= 0.3 is 0 Å². The molecule has 0 spiro atoms. The van der Waals surface area contributed by atoms with Crippen LogP contribution in [0.15, 0.2) is 47.1 Å². The summed E-state index contributed by atoms with van der Waals surface area (Å²) >= 11 is 0. The molecule has 0 aliphatic carbocycles. The Morgan fingerprint density at radius 2 is 2.10 bits per heavy atom. The molecule has 2 aromatic rings. The lowest BCUT2D eigenvalue weighted by Gasteiger charge is -2.22. The van der Waals surface area contributed by atoms with E-state index in [1.54, 1.807) is 49.6 Å². The van der Waals surface area contributed by atoms with Crippen molar-refractivity contribution in [2.24, 2.45) is 0 Å². The first-order chi connectivity index (χ1) is 10.0. The van der Waals surface area contributed by atoms with Crippen molar-refractivity contribution in [3.05, 3.63) is 54.0 Å². The van der Waals surface area contributed by atoms with Crippen LogP contribution in [0.1, 0.15) is 23.0 Å². The van der Waals surface area contributed by atoms with Crippen molar-refractivity contribution in [2.75, 3.05) is 13.7 Å². The molecule has 21 heavy (non-hydrogen) atoms. The minimum Gasteiger partial charge on any atom is -0.496 e. The zero-order valence-electron chi connectivity index (χ0n) is 12.1. The van der Waals surface area contributed by atoms with E-state index < -0.39 is 5.60 Å². The van der Waals surface area contributed by atoms with Gasteiger partial charge < -0.3 is 19.6 Å². The number of furan rings is 1. The standard InChI is InChI=1S/C16H19NO4/c1-16(19,10-12-6-5-9-21-12)11-17-15(18)13-7-3-4-8-14(13)20-2/h3-9,19H,10-11H2,1-2H3,(H,17,18). The molecule has 1 amide bonds. The Hall–Kier alpha value is -2.27. The quantitative estimate of drug-likeness (QED) is 0.853. The summed E-state index contributed by atoms with van der Waals surface area (Å²) < 4.78 is 10.3. The smallest absolute Gasteiger partial charge is 0.255 e. The van der Waals surface area contributed by atoms with Crippen molar-refractivity contribution < 1.29 is 19.1 Å². The summed E-state index contributed by atoms with van der Waals surface area (Å²) in [6.45, 7) is 1.77. The third-order valence-corrected chi connectivity index (χ3v) is 3.12. The molecule has 1 aromatic carbocycles. The molecular weight excluding hydrogens is 270 g/mol. The zero-order valence-corrected chi connectivity index (χ0v) is 12.1. The van der Waals surface area contributed by atoms with Crippen LogP contribution in [-0.4, -0.2) is 30.3 Å². The van der Waals surface area contributed by atoms with Gasteiger partial charge in [0.2, 0.25) is 0 Å². The van der Waals surface area contributed by atoms with Gasteiger partial charge in [-0.1, -0.05) is 12.1 Å². The van der Waals surface area contributed by atoms with Crippen LogP contribution in [0.25, 0.3) is 0 Å². The van der Waals surface area contributed by atoms with Crippen LogP contribution in [0, 0.1) is 0 Å². The molecule has 1 aromatic heterocycles. The Morgan fingerprint density at radius 1 is 1.33 bits per heavy atom. The number of nitrogens with one attached hydrogen (secondary N) is 1. The minimum absolute atomic E-state index is 0.116. The Labute approximate surface area is 123 Å². The number of carbonyl (C=O) groups is 1. The van der Waals surface area contributed by atoms with Crippen LogP contribution in [0.2, 0.25) is 0 Å². The monoisotopic (exact) mass is 289 g/mol. The highest BCUT2D eigenvalue weighted by atomic mass is 16.5. The SMILES string of the molecule is COc1ccccc1C(=O)NCC(C)(O)Cc1ccco1. The van der Waals surface area contributed by atoms with E-state index in [0.29, 0.717) is 23.5 Å². The van der Waals surface area contributed by atoms with Crippen molar-refractivity contribution in [1.29, 1.82) is 0 Å². The van der Waals surface area contributed by atoms with Crippen LogP contribution in [0.5, 0.6) is 5.75 Å². The summed E-state index contributed by atoms with van der Waals surface area (Å²) in [5.74, 6) is 0.888. The number of hydrogen-bond acceptors (Lipinski definition) is 4. The summed E-state index contributed by atoms with van der Waals surface area (Å²) in [4.78, 5) is 12.1. The number of carbonyl (C=O) groups excluding carboxylic acids is 1. The fourth-order valence-electron chi connectivity index (χ4n) is 2.05. The van der Waals surface area contributed by atoms with Gasteiger partial charge in [0.15, 0.2) is 0 Å². The first-order valence-corrected chi connectivity index (χ1v) is 6.68. The van der Waals surface area contributed by atoms with E-state index in [4.69, 9.17) is 9.15 Å². The van der Waals surface area contributed by atoms with Crippen LogP contribution < -0.4 is 10.1 Å². The number of para-hydroxylation sites is 1. The predicted octanol–water partition coefficient (Wildman–Crippen LogP) is 2.01. The van der Waals surface area contributed by atoms with Gasteiger partial charge in [0.1, 0.15) is 11.5 Å². The lowest BCUT2D eigenvalue weighted by Crippen LogP contribution is -2.42. The number of hydrogen-bond donors (Lipinski definition) is 2. The van der Waals surface area contributed by atoms with Gasteiger partial charge in [-0.15, -0.1) is 0 Å². The lowest BCUT2D eigenvalue weighted by molar-refractivity contribution is 0.0509. The second kappa shape index (κ2) is 6.45. The fourth-order valence-corrected chi connectivity index (χ4v) is 2.05. The van der Waals surface area contributed by atoms with E-state index in [1.807, 2.05) is 0 Å². The molecule has 5 nitrogen and oxygen atoms in total. The summed E-state index contributed by atoms with van der Waals surface area (Å²) in [5, 5.41) is 13.0.